The van der Waals surface area contributed by atoms with Gasteiger partial charge in [-0.15, -0.1) is 23.2 Å². The number of alkyl halides is 2. The molecule has 0 saturated heterocycles. The number of halogens is 9. The molecule has 4 rings (SSSR count). The fourth-order valence-corrected chi connectivity index (χ4v) is 5.07. The zero-order chi connectivity index (χ0) is 43.8. The van der Waals surface area contributed by atoms with Gasteiger partial charge in [-0.2, -0.15) is 9.97 Å². The average Bonchev–Trinajstić information content (AvgIpc) is 3.13. The zero-order valence-electron chi connectivity index (χ0n) is 31.7. The molecule has 0 fully saturated rings. The van der Waals surface area contributed by atoms with Gasteiger partial charge in [0.05, 0.1) is 61.6 Å². The molecule has 0 atom stereocenters. The fourth-order valence-electron chi connectivity index (χ4n) is 3.65. The number of hydrogen-bond donors (Lipinski definition) is 1. The van der Waals surface area contributed by atoms with Gasteiger partial charge in [0, 0.05) is 28.2 Å². The number of nitrogens with one attached hydrogen (secondary N) is 1. The highest BCUT2D eigenvalue weighted by Crippen LogP contribution is 2.26. The molecular formula is C35H40Cl7F2N9O4. The van der Waals surface area contributed by atoms with E-state index in [4.69, 9.17) is 81.2 Å². The van der Waals surface area contributed by atoms with Crippen molar-refractivity contribution < 1.29 is 18.4 Å². The Morgan fingerprint density at radius 3 is 1.61 bits per heavy atom. The molecule has 0 amide bonds. The molecule has 0 aliphatic carbocycles. The summed E-state index contributed by atoms with van der Waals surface area (Å²) >= 11 is 37.8. The highest BCUT2D eigenvalue weighted by atomic mass is 35.5. The highest BCUT2D eigenvalue weighted by Gasteiger charge is 2.20. The van der Waals surface area contributed by atoms with Crippen LogP contribution < -0.4 is 11.4 Å². The maximum atomic E-state index is 14.0. The second-order valence-electron chi connectivity index (χ2n) is 10.9. The number of carbonyl (C=O) groups is 2. The maximum absolute atomic E-state index is 14.0. The molecule has 2 aromatic carbocycles. The first-order chi connectivity index (χ1) is 26.8. The number of carbonyl (C=O) groups excluding carboxylic acids is 2. The predicted molar refractivity (Wildman–Crippen MR) is 230 cm³/mol. The van der Waals surface area contributed by atoms with Crippen LogP contribution in [0.1, 0.15) is 41.5 Å². The first kappa shape index (κ1) is 53.3. The molecule has 4 aromatic rings. The summed E-state index contributed by atoms with van der Waals surface area (Å²) < 4.78 is 27.3. The summed E-state index contributed by atoms with van der Waals surface area (Å²) in [6.45, 7) is 10.1. The van der Waals surface area contributed by atoms with Crippen LogP contribution in [0.2, 0.25) is 20.1 Å². The first-order valence-corrected chi connectivity index (χ1v) is 19.2. The smallest absolute Gasteiger partial charge is 0.356 e. The first-order valence-electron chi connectivity index (χ1n) is 16.2. The van der Waals surface area contributed by atoms with E-state index in [0.717, 1.165) is 6.20 Å². The average molecular weight is 937 g/mol. The highest BCUT2D eigenvalue weighted by molar-refractivity contribution is 6.69. The Morgan fingerprint density at radius 1 is 0.789 bits per heavy atom. The Balaban J connectivity index is 0.000000783. The fraction of sp³-hybridized carbons (Fsp3) is 0.314. The molecule has 0 bridgehead atoms. The van der Waals surface area contributed by atoms with Crippen molar-refractivity contribution in [3.8, 4) is 0 Å². The quantitative estimate of drug-likeness (QED) is 0.0752. The molecule has 57 heavy (non-hydrogen) atoms. The number of aromatic amines is 1. The molecule has 0 saturated carbocycles. The SMILES string of the molecule is CCN(CC)CC.CN(C)C=Nc1[nH]c(=O)ncc1F.CN(C)C=Nc1nc(=O)n(C(=O)c2c(Cl)cccc2Cl)cc1F.ClCCl.O=C(Cl)c1c(Cl)cccc1Cl. The van der Waals surface area contributed by atoms with Crippen molar-refractivity contribution in [2.45, 2.75) is 20.8 Å². The second kappa shape index (κ2) is 28.7. The van der Waals surface area contributed by atoms with Gasteiger partial charge >= 0.3 is 11.4 Å². The molecule has 1 N–H and O–H groups in total. The number of hydrogen-bond acceptors (Lipinski definition) is 9. The Hall–Kier alpha value is -3.67. The maximum Gasteiger partial charge on any atom is 0.356 e. The van der Waals surface area contributed by atoms with E-state index in [0.29, 0.717) is 10.8 Å². The number of benzene rings is 2. The third-order valence-corrected chi connectivity index (χ3v) is 7.78. The van der Waals surface area contributed by atoms with Crippen LogP contribution in [0.15, 0.2) is 68.4 Å². The number of H-pyrrole nitrogens is 1. The topological polar surface area (TPSA) is 149 Å². The van der Waals surface area contributed by atoms with E-state index >= 15 is 0 Å². The summed E-state index contributed by atoms with van der Waals surface area (Å²) in [5.41, 5.74) is -1.55. The van der Waals surface area contributed by atoms with E-state index in [1.807, 2.05) is 0 Å². The van der Waals surface area contributed by atoms with Crippen molar-refractivity contribution in [1.29, 1.82) is 0 Å². The minimum absolute atomic E-state index is 0.0458. The minimum atomic E-state index is -0.988. The molecule has 0 spiro atoms. The van der Waals surface area contributed by atoms with Crippen LogP contribution in [0.5, 0.6) is 0 Å². The van der Waals surface area contributed by atoms with Crippen molar-refractivity contribution in [1.82, 2.24) is 34.2 Å². The van der Waals surface area contributed by atoms with Gasteiger partial charge < -0.3 is 14.7 Å². The third-order valence-electron chi connectivity index (χ3n) is 6.34. The van der Waals surface area contributed by atoms with Gasteiger partial charge in [0.15, 0.2) is 23.3 Å². The van der Waals surface area contributed by atoms with Gasteiger partial charge in [0.25, 0.3) is 11.1 Å². The van der Waals surface area contributed by atoms with Crippen molar-refractivity contribution in [2.75, 3.05) is 53.2 Å². The van der Waals surface area contributed by atoms with E-state index in [1.165, 1.54) is 44.4 Å². The van der Waals surface area contributed by atoms with Crippen LogP contribution in [0, 0.1) is 11.6 Å². The molecule has 22 heteroatoms. The Labute approximate surface area is 363 Å². The van der Waals surface area contributed by atoms with Crippen LogP contribution in [0.4, 0.5) is 20.4 Å². The lowest BCUT2D eigenvalue weighted by atomic mass is 10.2. The van der Waals surface area contributed by atoms with Crippen LogP contribution in [-0.2, 0) is 0 Å². The summed E-state index contributed by atoms with van der Waals surface area (Å²) in [5, 5.41) is 0.199. The van der Waals surface area contributed by atoms with Gasteiger partial charge in [0.2, 0.25) is 0 Å². The van der Waals surface area contributed by atoms with Crippen LogP contribution in [0.3, 0.4) is 0 Å². The lowest BCUT2D eigenvalue weighted by Crippen LogP contribution is -2.30. The van der Waals surface area contributed by atoms with Gasteiger partial charge in [-0.3, -0.25) is 14.6 Å². The third kappa shape index (κ3) is 20.0. The summed E-state index contributed by atoms with van der Waals surface area (Å²) in [6.07, 6.45) is 4.21. The molecular weight excluding hydrogens is 897 g/mol. The molecule has 2 aromatic heterocycles. The standard InChI is InChI=1S/C14H11Cl2FN4O2.C7H3Cl3O.C7H9FN4O.C6H15N.CH2Cl2/c1-20(2)7-18-12-10(17)6-21(14(23)19-12)13(22)11-8(15)4-3-5-9(11)16;8-4-2-1-3-5(9)6(4)7(10)11;1-12(2)4-10-6-5(8)3-9-7(13)11-6;1-4-7(5-2)6-3;2-1-3/h3-7H,1-2H3;1-3H;3-4H,1-2H3,(H,9,11,13);4-6H2,1-3H3;1H2. The van der Waals surface area contributed by atoms with Gasteiger partial charge in [-0.25, -0.2) is 32.9 Å². The van der Waals surface area contributed by atoms with Gasteiger partial charge in [-0.05, 0) is 55.5 Å². The van der Waals surface area contributed by atoms with Crippen LogP contribution >= 0.6 is 81.2 Å². The summed E-state index contributed by atoms with van der Waals surface area (Å²) in [6, 6.07) is 9.18. The molecule has 2 heterocycles. The van der Waals surface area contributed by atoms with E-state index in [1.54, 1.807) is 62.3 Å². The summed E-state index contributed by atoms with van der Waals surface area (Å²) in [4.78, 5) is 67.5. The van der Waals surface area contributed by atoms with E-state index in [9.17, 15) is 28.0 Å². The Kier molecular flexibility index (Phi) is 26.8. The second-order valence-corrected chi connectivity index (χ2v) is 13.6. The van der Waals surface area contributed by atoms with E-state index in [-0.39, 0.29) is 42.4 Å². The van der Waals surface area contributed by atoms with E-state index in [2.05, 4.69) is 50.6 Å². The predicted octanol–water partition coefficient (Wildman–Crippen LogP) is 8.87. The summed E-state index contributed by atoms with van der Waals surface area (Å²) in [7, 11) is 6.82. The number of aliphatic imine (C=N–C) groups is 2. The van der Waals surface area contributed by atoms with Crippen molar-refractivity contribution in [3.63, 3.8) is 0 Å². The largest absolute Gasteiger partial charge is 0.369 e. The molecule has 0 aliphatic heterocycles. The normalized spacial score (nSPS) is 10.3. The lowest BCUT2D eigenvalue weighted by Gasteiger charge is -2.13. The zero-order valence-corrected chi connectivity index (χ0v) is 37.0. The molecule has 13 nitrogen and oxygen atoms in total. The Bertz CT molecular complexity index is 2020. The van der Waals surface area contributed by atoms with Crippen molar-refractivity contribution in [2.24, 2.45) is 9.98 Å². The van der Waals surface area contributed by atoms with Gasteiger partial charge in [0.1, 0.15) is 0 Å². The number of aromatic nitrogens is 4. The van der Waals surface area contributed by atoms with Crippen LogP contribution in [-0.4, -0.2) is 111 Å². The van der Waals surface area contributed by atoms with Crippen LogP contribution in [0.25, 0.3) is 0 Å². The summed E-state index contributed by atoms with van der Waals surface area (Å²) in [5.74, 6) is -3.00. The lowest BCUT2D eigenvalue weighted by molar-refractivity contribution is 0.0952. The number of rotatable bonds is 9. The molecule has 0 radical (unpaired) electrons. The molecule has 312 valence electrons. The Morgan fingerprint density at radius 2 is 1.23 bits per heavy atom. The molecule has 0 aliphatic rings. The van der Waals surface area contributed by atoms with E-state index < -0.39 is 40.0 Å². The van der Waals surface area contributed by atoms with Crippen molar-refractivity contribution >= 4 is 117 Å². The van der Waals surface area contributed by atoms with Gasteiger partial charge in [-0.1, -0.05) is 79.3 Å². The number of nitrogens with zero attached hydrogens (tertiary/aromatic N) is 8. The van der Waals surface area contributed by atoms with Crippen molar-refractivity contribution in [3.05, 3.63) is 113 Å². The minimum Gasteiger partial charge on any atom is -0.369 e. The monoisotopic (exact) mass is 933 g/mol. The molecule has 0 unspecified atom stereocenters.